The molecule has 0 spiro atoms. The molecule has 0 aliphatic rings. The van der Waals surface area contributed by atoms with Crippen LogP contribution in [0.5, 0.6) is 0 Å². The van der Waals surface area contributed by atoms with Gasteiger partial charge in [0.2, 0.25) is 0 Å². The summed E-state index contributed by atoms with van der Waals surface area (Å²) < 4.78 is 15.8. The van der Waals surface area contributed by atoms with Crippen LogP contribution < -0.4 is 0 Å². The van der Waals surface area contributed by atoms with Gasteiger partial charge in [-0.15, -0.1) is 0 Å². The Balaban J connectivity index is 2.65. The summed E-state index contributed by atoms with van der Waals surface area (Å²) in [4.78, 5) is 0.658. The summed E-state index contributed by atoms with van der Waals surface area (Å²) in [5.74, 6) is 0. The van der Waals surface area contributed by atoms with Crippen LogP contribution >= 0.6 is 28.1 Å². The number of pyridine rings is 1. The number of aryl methyl sites for hydroxylation is 2. The third-order valence-corrected chi connectivity index (χ3v) is 5.35. The quantitative estimate of drug-likeness (QED) is 0.690. The molecule has 1 unspecified atom stereocenters. The van der Waals surface area contributed by atoms with Crippen molar-refractivity contribution < 1.29 is 4.21 Å². The number of hydrogen-bond donors (Lipinski definition) is 0. The molecule has 1 atom stereocenters. The molecule has 0 aliphatic carbocycles. The van der Waals surface area contributed by atoms with Gasteiger partial charge in [-0.25, -0.2) is 4.21 Å². The van der Waals surface area contributed by atoms with E-state index >= 15 is 0 Å². The van der Waals surface area contributed by atoms with Crippen LogP contribution in [-0.4, -0.2) is 8.78 Å². The van der Waals surface area contributed by atoms with E-state index in [4.69, 9.17) is 12.2 Å². The number of allylic oxidation sites excluding steroid dienone is 1. The SMILES string of the molecule is C/C(Br)=C\S(=O)c1cn(C)cc(-c2cccc(C)c2)c1=S. The van der Waals surface area contributed by atoms with Crippen LogP contribution in [0.1, 0.15) is 12.5 Å². The molecule has 5 heteroatoms. The van der Waals surface area contributed by atoms with Gasteiger partial charge in [0, 0.05) is 34.9 Å². The first-order valence-corrected chi connectivity index (χ1v) is 8.81. The van der Waals surface area contributed by atoms with Crippen molar-refractivity contribution in [3.05, 3.63) is 56.6 Å². The van der Waals surface area contributed by atoms with Crippen molar-refractivity contribution in [2.24, 2.45) is 7.05 Å². The molecule has 0 fully saturated rings. The second kappa shape index (κ2) is 6.81. The van der Waals surface area contributed by atoms with Gasteiger partial charge in [-0.3, -0.25) is 0 Å². The third-order valence-electron chi connectivity index (χ3n) is 2.94. The minimum Gasteiger partial charge on any atom is -0.355 e. The van der Waals surface area contributed by atoms with Gasteiger partial charge in [-0.2, -0.15) is 0 Å². The Morgan fingerprint density at radius 2 is 2.10 bits per heavy atom. The van der Waals surface area contributed by atoms with Crippen molar-refractivity contribution in [1.29, 1.82) is 0 Å². The van der Waals surface area contributed by atoms with Gasteiger partial charge in [0.1, 0.15) is 0 Å². The second-order valence-corrected chi connectivity index (χ2v) is 7.83. The van der Waals surface area contributed by atoms with Crippen molar-refractivity contribution in [1.82, 2.24) is 4.57 Å². The molecule has 0 radical (unpaired) electrons. The third kappa shape index (κ3) is 3.99. The molecule has 2 aromatic rings. The zero-order valence-corrected chi connectivity index (χ0v) is 15.3. The summed E-state index contributed by atoms with van der Waals surface area (Å²) >= 11 is 8.87. The highest BCUT2D eigenvalue weighted by Gasteiger charge is 2.10. The summed E-state index contributed by atoms with van der Waals surface area (Å²) in [6.07, 6.45) is 3.80. The van der Waals surface area contributed by atoms with Crippen molar-refractivity contribution in [2.75, 3.05) is 0 Å². The van der Waals surface area contributed by atoms with E-state index in [0.717, 1.165) is 15.6 Å². The summed E-state index contributed by atoms with van der Waals surface area (Å²) in [5, 5.41) is 1.66. The molecule has 0 amide bonds. The second-order valence-electron chi connectivity index (χ2n) is 4.90. The van der Waals surface area contributed by atoms with E-state index in [1.165, 1.54) is 5.56 Å². The van der Waals surface area contributed by atoms with E-state index in [-0.39, 0.29) is 0 Å². The maximum atomic E-state index is 12.4. The van der Waals surface area contributed by atoms with E-state index < -0.39 is 10.8 Å². The maximum Gasteiger partial charge on any atom is 0.0813 e. The van der Waals surface area contributed by atoms with Crippen molar-refractivity contribution in [3.8, 4) is 11.1 Å². The van der Waals surface area contributed by atoms with E-state index in [2.05, 4.69) is 22.0 Å². The van der Waals surface area contributed by atoms with Gasteiger partial charge in [0.15, 0.2) is 0 Å². The lowest BCUT2D eigenvalue weighted by molar-refractivity contribution is 0.687. The molecule has 1 aromatic carbocycles. The van der Waals surface area contributed by atoms with Crippen LogP contribution in [0.25, 0.3) is 11.1 Å². The average Bonchev–Trinajstić information content (AvgIpc) is 2.40. The van der Waals surface area contributed by atoms with Crippen molar-refractivity contribution >= 4 is 38.9 Å². The first-order valence-electron chi connectivity index (χ1n) is 6.40. The minimum atomic E-state index is -1.26. The first-order chi connectivity index (χ1) is 9.88. The Kier molecular flexibility index (Phi) is 5.30. The smallest absolute Gasteiger partial charge is 0.0813 e. The lowest BCUT2D eigenvalue weighted by Gasteiger charge is -2.10. The molecule has 21 heavy (non-hydrogen) atoms. The fourth-order valence-electron chi connectivity index (χ4n) is 2.05. The largest absolute Gasteiger partial charge is 0.355 e. The molecule has 2 nitrogen and oxygen atoms in total. The molecular formula is C16H16BrNOS2. The van der Waals surface area contributed by atoms with Crippen LogP contribution in [0.2, 0.25) is 0 Å². The lowest BCUT2D eigenvalue weighted by Crippen LogP contribution is -1.99. The topological polar surface area (TPSA) is 22.0 Å². The van der Waals surface area contributed by atoms with E-state index in [9.17, 15) is 4.21 Å². The summed E-state index contributed by atoms with van der Waals surface area (Å²) in [7, 11) is 0.657. The molecule has 110 valence electrons. The highest BCUT2D eigenvalue weighted by Crippen LogP contribution is 2.26. The fraction of sp³-hybridized carbons (Fsp3) is 0.188. The zero-order chi connectivity index (χ0) is 15.6. The van der Waals surface area contributed by atoms with Crippen molar-refractivity contribution in [3.63, 3.8) is 0 Å². The van der Waals surface area contributed by atoms with Crippen LogP contribution in [0.3, 0.4) is 0 Å². The monoisotopic (exact) mass is 381 g/mol. The number of benzene rings is 1. The normalized spacial score (nSPS) is 13.2. The first kappa shape index (κ1) is 16.3. The average molecular weight is 382 g/mol. The fourth-order valence-corrected chi connectivity index (χ4v) is 4.01. The Hall–Kier alpha value is -1.04. The lowest BCUT2D eigenvalue weighted by atomic mass is 10.1. The van der Waals surface area contributed by atoms with Gasteiger partial charge < -0.3 is 4.57 Å². The molecule has 0 aliphatic heterocycles. The maximum absolute atomic E-state index is 12.4. The highest BCUT2D eigenvalue weighted by molar-refractivity contribution is 9.11. The highest BCUT2D eigenvalue weighted by atomic mass is 79.9. The van der Waals surface area contributed by atoms with E-state index in [1.807, 2.05) is 56.1 Å². The number of rotatable bonds is 3. The summed E-state index contributed by atoms with van der Waals surface area (Å²) in [6, 6.07) is 8.16. The van der Waals surface area contributed by atoms with E-state index in [0.29, 0.717) is 9.41 Å². The number of halogens is 1. The molecule has 0 saturated heterocycles. The molecular weight excluding hydrogens is 366 g/mol. The van der Waals surface area contributed by atoms with Gasteiger partial charge >= 0.3 is 0 Å². The Morgan fingerprint density at radius 3 is 2.71 bits per heavy atom. The molecule has 1 aromatic heterocycles. The van der Waals surface area contributed by atoms with Crippen LogP contribution in [0.4, 0.5) is 0 Å². The Morgan fingerprint density at radius 1 is 1.38 bits per heavy atom. The molecule has 0 saturated carbocycles. The molecule has 1 heterocycles. The predicted octanol–water partition coefficient (Wildman–Crippen LogP) is 5.09. The Bertz CT molecular complexity index is 789. The number of aromatic nitrogens is 1. The number of hydrogen-bond acceptors (Lipinski definition) is 2. The number of nitrogens with zero attached hydrogens (tertiary/aromatic N) is 1. The van der Waals surface area contributed by atoms with Crippen LogP contribution in [0, 0.1) is 11.4 Å². The standard InChI is InChI=1S/C16H16BrNOS2/c1-11-5-4-6-13(7-11)14-8-18(3)9-15(16(14)20)21(19)10-12(2)17/h4-10H,1-3H3/b12-10+. The molecule has 0 bridgehead atoms. The van der Waals surface area contributed by atoms with Crippen LogP contribution in [0.15, 0.2) is 51.4 Å². The minimum absolute atomic E-state index is 0.641. The molecule has 0 N–H and O–H groups in total. The predicted molar refractivity (Wildman–Crippen MR) is 95.5 cm³/mol. The van der Waals surface area contributed by atoms with Crippen molar-refractivity contribution in [2.45, 2.75) is 18.7 Å². The summed E-state index contributed by atoms with van der Waals surface area (Å²) in [6.45, 7) is 3.90. The molecule has 2 rings (SSSR count). The van der Waals surface area contributed by atoms with E-state index in [1.54, 1.807) is 5.41 Å². The van der Waals surface area contributed by atoms with Crippen LogP contribution in [-0.2, 0) is 17.8 Å². The Labute approximate surface area is 141 Å². The zero-order valence-electron chi connectivity index (χ0n) is 12.1. The van der Waals surface area contributed by atoms with Gasteiger partial charge in [-0.1, -0.05) is 58.0 Å². The summed E-state index contributed by atoms with van der Waals surface area (Å²) in [5.41, 5.74) is 3.16. The van der Waals surface area contributed by atoms with Gasteiger partial charge in [0.25, 0.3) is 0 Å². The van der Waals surface area contributed by atoms with Gasteiger partial charge in [-0.05, 0) is 19.4 Å². The van der Waals surface area contributed by atoms with Gasteiger partial charge in [0.05, 0.1) is 20.2 Å².